The van der Waals surface area contributed by atoms with Crippen LogP contribution in [-0.2, 0) is 0 Å². The molecule has 20 heavy (non-hydrogen) atoms. The van der Waals surface area contributed by atoms with Crippen LogP contribution in [0.15, 0.2) is 65.1 Å². The Morgan fingerprint density at radius 2 is 1.95 bits per heavy atom. The maximum atomic E-state index is 3.98. The zero-order valence-corrected chi connectivity index (χ0v) is 13.1. The Balaban J connectivity index is 2.30. The second-order valence-corrected chi connectivity index (χ2v) is 6.12. The minimum absolute atomic E-state index is 0.994. The van der Waals surface area contributed by atoms with Gasteiger partial charge in [0.1, 0.15) is 0 Å². The van der Waals surface area contributed by atoms with Crippen LogP contribution in [0.3, 0.4) is 0 Å². The van der Waals surface area contributed by atoms with Gasteiger partial charge in [-0.3, -0.25) is 0 Å². The summed E-state index contributed by atoms with van der Waals surface area (Å²) in [6.07, 6.45) is 4.99. The van der Waals surface area contributed by atoms with E-state index >= 15 is 0 Å². The van der Waals surface area contributed by atoms with Gasteiger partial charge in [0.2, 0.25) is 0 Å². The van der Waals surface area contributed by atoms with Crippen LogP contribution in [0.4, 0.5) is 5.69 Å². The van der Waals surface area contributed by atoms with E-state index in [1.165, 1.54) is 21.2 Å². The highest BCUT2D eigenvalue weighted by Crippen LogP contribution is 2.43. The quantitative estimate of drug-likeness (QED) is 0.776. The molecule has 1 heterocycles. The molecule has 2 nitrogen and oxygen atoms in total. The summed E-state index contributed by atoms with van der Waals surface area (Å²) in [4.78, 5) is 7.05. The van der Waals surface area contributed by atoms with Gasteiger partial charge in [-0.05, 0) is 45.3 Å². The van der Waals surface area contributed by atoms with Crippen LogP contribution in [0.5, 0.6) is 0 Å². The molecule has 3 heteroatoms. The van der Waals surface area contributed by atoms with E-state index in [9.17, 15) is 0 Å². The molecule has 1 aromatic rings. The summed E-state index contributed by atoms with van der Waals surface area (Å²) in [5.74, 6) is 0. The lowest BCUT2D eigenvalue weighted by Gasteiger charge is -2.33. The van der Waals surface area contributed by atoms with Crippen LogP contribution in [0.25, 0.3) is 0 Å². The number of hydrogen-bond donors (Lipinski definition) is 0. The van der Waals surface area contributed by atoms with Crippen LogP contribution in [0.2, 0.25) is 0 Å². The van der Waals surface area contributed by atoms with Crippen molar-refractivity contribution in [3.8, 4) is 0 Å². The molecule has 0 aliphatic carbocycles. The Hall–Kier alpha value is -1.45. The monoisotopic (exact) mass is 286 g/mol. The van der Waals surface area contributed by atoms with Crippen molar-refractivity contribution in [2.75, 3.05) is 32.1 Å². The van der Waals surface area contributed by atoms with E-state index in [-0.39, 0.29) is 0 Å². The maximum absolute atomic E-state index is 3.98. The Kier molecular flexibility index (Phi) is 5.10. The molecule has 0 saturated carbocycles. The number of anilines is 1. The first-order valence-corrected chi connectivity index (χ1v) is 7.67. The fraction of sp³-hybridized carbons (Fsp3) is 0.294. The van der Waals surface area contributed by atoms with Gasteiger partial charge in [0.15, 0.2) is 0 Å². The third-order valence-corrected chi connectivity index (χ3v) is 4.45. The van der Waals surface area contributed by atoms with Crippen molar-refractivity contribution in [1.82, 2.24) is 4.90 Å². The molecule has 1 aliphatic heterocycles. The van der Waals surface area contributed by atoms with Gasteiger partial charge in [0, 0.05) is 16.3 Å². The van der Waals surface area contributed by atoms with Crippen molar-refractivity contribution < 1.29 is 0 Å². The first-order chi connectivity index (χ1) is 9.67. The van der Waals surface area contributed by atoms with Crippen LogP contribution in [0, 0.1) is 0 Å². The van der Waals surface area contributed by atoms with E-state index in [1.54, 1.807) is 11.8 Å². The number of allylic oxidation sites excluding steroid dienone is 2. The van der Waals surface area contributed by atoms with Crippen LogP contribution >= 0.6 is 11.8 Å². The summed E-state index contributed by atoms with van der Waals surface area (Å²) in [5, 5.41) is 0. The van der Waals surface area contributed by atoms with E-state index in [1.807, 2.05) is 12.2 Å². The van der Waals surface area contributed by atoms with E-state index in [4.69, 9.17) is 0 Å². The molecule has 0 unspecified atom stereocenters. The summed E-state index contributed by atoms with van der Waals surface area (Å²) in [6, 6.07) is 8.53. The molecule has 0 fully saturated rings. The second-order valence-electron chi connectivity index (χ2n) is 5.04. The molecular formula is C17H22N2S. The van der Waals surface area contributed by atoms with Gasteiger partial charge in [0.05, 0.1) is 11.4 Å². The van der Waals surface area contributed by atoms with Gasteiger partial charge in [-0.1, -0.05) is 43.1 Å². The summed E-state index contributed by atoms with van der Waals surface area (Å²) < 4.78 is 0. The van der Waals surface area contributed by atoms with E-state index in [0.29, 0.717) is 0 Å². The highest BCUT2D eigenvalue weighted by molar-refractivity contribution is 8.03. The Morgan fingerprint density at radius 3 is 2.60 bits per heavy atom. The van der Waals surface area contributed by atoms with Crippen molar-refractivity contribution >= 4 is 17.4 Å². The lowest BCUT2D eigenvalue weighted by atomic mass is 10.2. The topological polar surface area (TPSA) is 6.48 Å². The number of hydrogen-bond acceptors (Lipinski definition) is 3. The van der Waals surface area contributed by atoms with Gasteiger partial charge in [0.25, 0.3) is 0 Å². The molecule has 1 aliphatic rings. The Morgan fingerprint density at radius 1 is 1.20 bits per heavy atom. The molecule has 1 aromatic carbocycles. The number of benzene rings is 1. The number of para-hydroxylation sites is 1. The summed E-state index contributed by atoms with van der Waals surface area (Å²) >= 11 is 1.77. The number of fused-ring (bicyclic) bond motifs is 1. The highest BCUT2D eigenvalue weighted by Gasteiger charge is 2.22. The van der Waals surface area contributed by atoms with Crippen molar-refractivity contribution in [1.29, 1.82) is 0 Å². The predicted octanol–water partition coefficient (Wildman–Crippen LogP) is 4.13. The zero-order valence-electron chi connectivity index (χ0n) is 12.3. The number of thioether (sulfide) groups is 1. The van der Waals surface area contributed by atoms with Crippen molar-refractivity contribution in [2.45, 2.75) is 11.3 Å². The lowest BCUT2D eigenvalue weighted by molar-refractivity contribution is 0.402. The molecule has 2 rings (SSSR count). The summed E-state index contributed by atoms with van der Waals surface area (Å²) in [6.45, 7) is 9.99. The Labute approximate surface area is 126 Å². The second kappa shape index (κ2) is 6.82. The van der Waals surface area contributed by atoms with E-state index in [2.05, 4.69) is 61.3 Å². The van der Waals surface area contributed by atoms with E-state index in [0.717, 1.165) is 19.5 Å². The fourth-order valence-electron chi connectivity index (χ4n) is 2.34. The predicted molar refractivity (Wildman–Crippen MR) is 90.2 cm³/mol. The highest BCUT2D eigenvalue weighted by atomic mass is 32.2. The Bertz CT molecular complexity index is 532. The van der Waals surface area contributed by atoms with Crippen molar-refractivity contribution in [3.63, 3.8) is 0 Å². The van der Waals surface area contributed by atoms with Crippen LogP contribution in [-0.4, -0.2) is 32.1 Å². The minimum atomic E-state index is 0.994. The zero-order chi connectivity index (χ0) is 14.5. The first kappa shape index (κ1) is 14.9. The molecule has 106 valence electrons. The molecule has 0 saturated heterocycles. The summed E-state index contributed by atoms with van der Waals surface area (Å²) in [5.41, 5.74) is 2.44. The lowest BCUT2D eigenvalue weighted by Crippen LogP contribution is -2.28. The SMILES string of the molecule is C=CC1=C(C=C)N(CCCN(C)C)c2ccccc2S1. The van der Waals surface area contributed by atoms with Crippen LogP contribution < -0.4 is 4.90 Å². The molecule has 0 N–H and O–H groups in total. The van der Waals surface area contributed by atoms with Gasteiger partial charge in [-0.25, -0.2) is 0 Å². The molecule has 0 bridgehead atoms. The normalized spacial score (nSPS) is 14.4. The third kappa shape index (κ3) is 3.17. The maximum Gasteiger partial charge on any atom is 0.0552 e. The molecule has 0 amide bonds. The van der Waals surface area contributed by atoms with Crippen LogP contribution in [0.1, 0.15) is 6.42 Å². The molecule has 0 spiro atoms. The van der Waals surface area contributed by atoms with Gasteiger partial charge < -0.3 is 9.80 Å². The van der Waals surface area contributed by atoms with Gasteiger partial charge >= 0.3 is 0 Å². The van der Waals surface area contributed by atoms with Gasteiger partial charge in [-0.15, -0.1) is 0 Å². The molecular weight excluding hydrogens is 264 g/mol. The molecule has 0 atom stereocenters. The van der Waals surface area contributed by atoms with Gasteiger partial charge in [-0.2, -0.15) is 0 Å². The largest absolute Gasteiger partial charge is 0.340 e. The average Bonchev–Trinajstić information content (AvgIpc) is 2.46. The number of rotatable bonds is 6. The number of nitrogens with zero attached hydrogens (tertiary/aromatic N) is 2. The van der Waals surface area contributed by atoms with Crippen molar-refractivity contribution in [2.24, 2.45) is 0 Å². The van der Waals surface area contributed by atoms with E-state index < -0.39 is 0 Å². The summed E-state index contributed by atoms with van der Waals surface area (Å²) in [7, 11) is 4.22. The third-order valence-electron chi connectivity index (χ3n) is 3.29. The smallest absolute Gasteiger partial charge is 0.0552 e. The standard InChI is InChI=1S/C17H22N2S/c1-5-14-16(6-2)20-17-11-8-7-10-15(17)19(14)13-9-12-18(3)4/h5-8,10-11H,1-2,9,12-13H2,3-4H3. The average molecular weight is 286 g/mol. The molecule has 0 radical (unpaired) electrons. The minimum Gasteiger partial charge on any atom is -0.340 e. The molecule has 0 aromatic heterocycles. The van der Waals surface area contributed by atoms with Crippen molar-refractivity contribution in [3.05, 3.63) is 60.2 Å². The first-order valence-electron chi connectivity index (χ1n) is 6.85. The fourth-order valence-corrected chi connectivity index (χ4v) is 3.39.